The molecule has 0 amide bonds. The van der Waals surface area contributed by atoms with Gasteiger partial charge in [-0.15, -0.1) is 0 Å². The molecule has 0 N–H and O–H groups in total. The summed E-state index contributed by atoms with van der Waals surface area (Å²) in [6.07, 6.45) is 0. The molecule has 4 nitrogen and oxygen atoms in total. The van der Waals surface area contributed by atoms with Crippen LogP contribution in [0.15, 0.2) is 170 Å². The minimum absolute atomic E-state index is 0.688. The van der Waals surface area contributed by atoms with Crippen LogP contribution in [0.5, 0.6) is 23.0 Å². The van der Waals surface area contributed by atoms with Crippen molar-refractivity contribution in [3.63, 3.8) is 0 Å². The van der Waals surface area contributed by atoms with Crippen molar-refractivity contribution in [2.24, 2.45) is 0 Å². The van der Waals surface area contributed by atoms with Crippen molar-refractivity contribution in [3.05, 3.63) is 170 Å². The Balaban J connectivity index is 1.41. The van der Waals surface area contributed by atoms with E-state index in [4.69, 9.17) is 9.47 Å². The number of ether oxygens (including phenoxy) is 2. The largest absolute Gasteiger partial charge is 0.455 e. The Morgan fingerprint density at radius 1 is 0.304 bits per heavy atom. The summed E-state index contributed by atoms with van der Waals surface area (Å²) in [4.78, 5) is 0. The number of para-hydroxylation sites is 6. The monoisotopic (exact) mass is 592 g/mol. The quantitative estimate of drug-likeness (QED) is 0.192. The highest BCUT2D eigenvalue weighted by Crippen LogP contribution is 2.44. The molecule has 4 heteroatoms. The summed E-state index contributed by atoms with van der Waals surface area (Å²) in [5.74, 6) is 2.88. The van der Waals surface area contributed by atoms with Gasteiger partial charge in [-0.3, -0.25) is 0 Å². The van der Waals surface area contributed by atoms with E-state index in [1.165, 1.54) is 21.5 Å². The molecule has 0 aliphatic rings. The van der Waals surface area contributed by atoms with Crippen LogP contribution in [0.3, 0.4) is 0 Å². The molecule has 9 rings (SSSR count). The molecular formula is C42H28N2O2. The van der Waals surface area contributed by atoms with Gasteiger partial charge in [-0.25, -0.2) is 0 Å². The molecule has 0 aliphatic carbocycles. The first-order valence-electron chi connectivity index (χ1n) is 15.4. The molecule has 0 bridgehead atoms. The van der Waals surface area contributed by atoms with E-state index in [1.807, 2.05) is 66.7 Å². The summed E-state index contributed by atoms with van der Waals surface area (Å²) in [6, 6.07) is 58.3. The third kappa shape index (κ3) is 4.23. The zero-order chi connectivity index (χ0) is 30.5. The maximum absolute atomic E-state index is 6.75. The van der Waals surface area contributed by atoms with E-state index in [1.54, 1.807) is 0 Å². The number of hydrogen-bond donors (Lipinski definition) is 0. The molecule has 9 aromatic rings. The summed E-state index contributed by atoms with van der Waals surface area (Å²) in [7, 11) is 0. The zero-order valence-electron chi connectivity index (χ0n) is 24.9. The number of benzene rings is 7. The number of hydrogen-bond acceptors (Lipinski definition) is 2. The Morgan fingerprint density at radius 3 is 0.957 bits per heavy atom. The second kappa shape index (κ2) is 10.7. The predicted octanol–water partition coefficient (Wildman–Crippen LogP) is 11.5. The molecule has 0 unspecified atom stereocenters. The van der Waals surface area contributed by atoms with E-state index in [0.717, 1.165) is 44.9 Å². The van der Waals surface area contributed by atoms with Crippen molar-refractivity contribution < 1.29 is 9.47 Å². The van der Waals surface area contributed by atoms with Crippen LogP contribution in [0.4, 0.5) is 0 Å². The Morgan fingerprint density at radius 2 is 0.609 bits per heavy atom. The van der Waals surface area contributed by atoms with Crippen LogP contribution in [0.25, 0.3) is 55.0 Å². The van der Waals surface area contributed by atoms with Crippen molar-refractivity contribution in [1.29, 1.82) is 0 Å². The molecule has 46 heavy (non-hydrogen) atoms. The van der Waals surface area contributed by atoms with Gasteiger partial charge in [-0.05, 0) is 54.6 Å². The molecule has 0 aliphatic heterocycles. The second-order valence-electron chi connectivity index (χ2n) is 11.4. The predicted molar refractivity (Wildman–Crippen MR) is 188 cm³/mol. The van der Waals surface area contributed by atoms with E-state index in [0.29, 0.717) is 11.5 Å². The lowest BCUT2D eigenvalue weighted by Crippen LogP contribution is -2.04. The lowest BCUT2D eigenvalue weighted by Gasteiger charge is -2.21. The van der Waals surface area contributed by atoms with Gasteiger partial charge in [0.15, 0.2) is 11.5 Å². The van der Waals surface area contributed by atoms with E-state index < -0.39 is 0 Å². The smallest absolute Gasteiger partial charge is 0.155 e. The first-order valence-corrected chi connectivity index (χ1v) is 15.4. The molecule has 0 radical (unpaired) electrons. The molecule has 2 aromatic heterocycles. The number of fused-ring (bicyclic) bond motifs is 6. The van der Waals surface area contributed by atoms with Crippen LogP contribution < -0.4 is 9.47 Å². The summed E-state index contributed by atoms with van der Waals surface area (Å²) in [5.41, 5.74) is 6.24. The Hall–Kier alpha value is -6.26. The van der Waals surface area contributed by atoms with Gasteiger partial charge in [0.1, 0.15) is 11.5 Å². The fourth-order valence-corrected chi connectivity index (χ4v) is 6.65. The van der Waals surface area contributed by atoms with Crippen LogP contribution in [0.2, 0.25) is 0 Å². The minimum atomic E-state index is 0.688. The van der Waals surface area contributed by atoms with Crippen molar-refractivity contribution in [2.75, 3.05) is 0 Å². The fourth-order valence-electron chi connectivity index (χ4n) is 6.65. The molecule has 2 heterocycles. The number of nitrogens with zero attached hydrogens (tertiary/aromatic N) is 2. The van der Waals surface area contributed by atoms with E-state index in [9.17, 15) is 0 Å². The Bertz CT molecular complexity index is 2250. The first-order chi connectivity index (χ1) is 22.8. The van der Waals surface area contributed by atoms with Crippen LogP contribution in [-0.4, -0.2) is 9.13 Å². The van der Waals surface area contributed by atoms with Gasteiger partial charge in [-0.2, -0.15) is 0 Å². The van der Waals surface area contributed by atoms with Crippen molar-refractivity contribution in [1.82, 2.24) is 9.13 Å². The molecule has 0 spiro atoms. The van der Waals surface area contributed by atoms with Gasteiger partial charge >= 0.3 is 0 Å². The van der Waals surface area contributed by atoms with Crippen LogP contribution in [-0.2, 0) is 0 Å². The zero-order valence-corrected chi connectivity index (χ0v) is 24.9. The van der Waals surface area contributed by atoms with E-state index >= 15 is 0 Å². The summed E-state index contributed by atoms with van der Waals surface area (Å²) in [6.45, 7) is 0. The molecule has 218 valence electrons. The van der Waals surface area contributed by atoms with Crippen molar-refractivity contribution in [3.8, 4) is 34.4 Å². The molecule has 0 fully saturated rings. The fraction of sp³-hybridized carbons (Fsp3) is 0. The van der Waals surface area contributed by atoms with Gasteiger partial charge in [0.05, 0.1) is 33.4 Å². The van der Waals surface area contributed by atoms with Crippen LogP contribution >= 0.6 is 0 Å². The van der Waals surface area contributed by atoms with Gasteiger partial charge in [0.2, 0.25) is 0 Å². The average molecular weight is 593 g/mol. The van der Waals surface area contributed by atoms with E-state index in [-0.39, 0.29) is 0 Å². The summed E-state index contributed by atoms with van der Waals surface area (Å²) >= 11 is 0. The SMILES string of the molecule is c1ccc(Oc2cc(Oc3ccccc3)c(-n3c4ccccc4c4ccccc43)cc2-n2c3ccccc3c3ccccc32)cc1. The Kier molecular flexibility index (Phi) is 6.10. The van der Waals surface area contributed by atoms with Gasteiger partial charge in [0.25, 0.3) is 0 Å². The summed E-state index contributed by atoms with van der Waals surface area (Å²) in [5, 5.41) is 4.75. The topological polar surface area (TPSA) is 28.3 Å². The maximum Gasteiger partial charge on any atom is 0.155 e. The van der Waals surface area contributed by atoms with Gasteiger partial charge in [0, 0.05) is 27.6 Å². The maximum atomic E-state index is 6.75. The highest BCUT2D eigenvalue weighted by molar-refractivity contribution is 6.11. The van der Waals surface area contributed by atoms with Crippen LogP contribution in [0, 0.1) is 0 Å². The second-order valence-corrected chi connectivity index (χ2v) is 11.4. The molecule has 0 atom stereocenters. The van der Waals surface area contributed by atoms with Crippen molar-refractivity contribution >= 4 is 43.6 Å². The highest BCUT2D eigenvalue weighted by Gasteiger charge is 2.23. The lowest BCUT2D eigenvalue weighted by molar-refractivity contribution is 0.458. The average Bonchev–Trinajstić information content (AvgIpc) is 3.63. The van der Waals surface area contributed by atoms with Crippen molar-refractivity contribution in [2.45, 2.75) is 0 Å². The third-order valence-corrected chi connectivity index (χ3v) is 8.62. The molecule has 0 saturated heterocycles. The first kappa shape index (κ1) is 26.2. The van der Waals surface area contributed by atoms with Gasteiger partial charge in [-0.1, -0.05) is 109 Å². The standard InChI is InChI=1S/C42H28N2O2/c1-3-15-29(16-4-1)45-41-28-42(46-30-17-5-2-6-18-30)40(44-37-25-13-9-21-33(37)34-22-10-14-26-38(34)44)27-39(41)43-35-23-11-7-19-31(35)32-20-8-12-24-36(32)43/h1-28H. The van der Waals surface area contributed by atoms with E-state index in [2.05, 4.69) is 112 Å². The lowest BCUT2D eigenvalue weighted by atomic mass is 10.2. The third-order valence-electron chi connectivity index (χ3n) is 8.62. The molecule has 0 saturated carbocycles. The normalized spacial score (nSPS) is 11.5. The van der Waals surface area contributed by atoms with Gasteiger partial charge < -0.3 is 18.6 Å². The number of aromatic nitrogens is 2. The minimum Gasteiger partial charge on any atom is -0.455 e. The highest BCUT2D eigenvalue weighted by atomic mass is 16.5. The molecule has 7 aromatic carbocycles. The number of rotatable bonds is 6. The Labute approximate surface area is 265 Å². The van der Waals surface area contributed by atoms with Crippen LogP contribution in [0.1, 0.15) is 0 Å². The molecular weight excluding hydrogens is 564 g/mol. The summed E-state index contributed by atoms with van der Waals surface area (Å²) < 4.78 is 18.1.